The number of hydrogen-bond acceptors (Lipinski definition) is 6. The van der Waals surface area contributed by atoms with Crippen molar-refractivity contribution in [2.45, 2.75) is 32.7 Å². The van der Waals surface area contributed by atoms with E-state index < -0.39 is 6.04 Å². The fraction of sp³-hybridized carbons (Fsp3) is 0.219. The third-order valence-corrected chi connectivity index (χ3v) is 7.76. The Balaban J connectivity index is 1.54. The Kier molecular flexibility index (Phi) is 6.79. The summed E-state index contributed by atoms with van der Waals surface area (Å²) in [5.41, 5.74) is 3.65. The van der Waals surface area contributed by atoms with Gasteiger partial charge in [-0.3, -0.25) is 9.59 Å². The topological polar surface area (TPSA) is 97.3 Å². The molecule has 208 valence electrons. The largest absolute Gasteiger partial charge is 0.497 e. The quantitative estimate of drug-likeness (QED) is 0.228. The number of nitrogens with one attached hydrogen (secondary N) is 3. The van der Waals surface area contributed by atoms with Crippen molar-refractivity contribution >= 4 is 46.3 Å². The van der Waals surface area contributed by atoms with Crippen molar-refractivity contribution in [1.82, 2.24) is 9.78 Å². The first-order valence-electron chi connectivity index (χ1n) is 13.4. The summed E-state index contributed by atoms with van der Waals surface area (Å²) in [5.74, 6) is 1.23. The number of anilines is 4. The lowest BCUT2D eigenvalue weighted by atomic mass is 9.73. The third-order valence-electron chi connectivity index (χ3n) is 7.43. The maximum absolute atomic E-state index is 13.9. The molecule has 3 N–H and O–H groups in total. The number of nitrogens with zero attached hydrogens (tertiary/aromatic N) is 2. The van der Waals surface area contributed by atoms with Crippen molar-refractivity contribution in [3.05, 3.63) is 106 Å². The second-order valence-electron chi connectivity index (χ2n) is 11.1. The monoisotopic (exact) mass is 567 g/mol. The van der Waals surface area contributed by atoms with Gasteiger partial charge in [-0.05, 0) is 53.8 Å². The number of carbonyl (C=O) groups excluding carboxylic acids is 2. The molecule has 0 spiro atoms. The van der Waals surface area contributed by atoms with E-state index in [-0.39, 0.29) is 17.1 Å². The molecule has 4 aromatic rings. The molecular weight excluding hydrogens is 538 g/mol. The van der Waals surface area contributed by atoms with Crippen molar-refractivity contribution in [3.63, 3.8) is 0 Å². The zero-order chi connectivity index (χ0) is 28.7. The number of fused-ring (bicyclic) bond motifs is 1. The van der Waals surface area contributed by atoms with E-state index in [1.807, 2.05) is 72.8 Å². The van der Waals surface area contributed by atoms with Crippen LogP contribution in [0.1, 0.15) is 48.7 Å². The zero-order valence-corrected chi connectivity index (χ0v) is 23.8. The predicted octanol–water partition coefficient (Wildman–Crippen LogP) is 7.20. The molecule has 0 bridgehead atoms. The molecule has 0 saturated carbocycles. The molecule has 9 heteroatoms. The van der Waals surface area contributed by atoms with E-state index in [1.54, 1.807) is 17.9 Å². The maximum Gasteiger partial charge on any atom is 0.263 e. The molecule has 1 aromatic heterocycles. The lowest BCUT2D eigenvalue weighted by Gasteiger charge is -2.39. The van der Waals surface area contributed by atoms with Crippen LogP contribution in [0.5, 0.6) is 5.75 Å². The summed E-state index contributed by atoms with van der Waals surface area (Å²) >= 11 is 6.49. The van der Waals surface area contributed by atoms with Crippen LogP contribution in [0.25, 0.3) is 0 Å². The fourth-order valence-electron chi connectivity index (χ4n) is 5.57. The van der Waals surface area contributed by atoms with Crippen LogP contribution in [0.2, 0.25) is 5.02 Å². The first kappa shape index (κ1) is 26.7. The summed E-state index contributed by atoms with van der Waals surface area (Å²) in [6, 6.07) is 23.6. The molecule has 41 heavy (non-hydrogen) atoms. The van der Waals surface area contributed by atoms with Crippen LogP contribution in [0.3, 0.4) is 0 Å². The van der Waals surface area contributed by atoms with Gasteiger partial charge in [-0.1, -0.05) is 67.9 Å². The fourth-order valence-corrected chi connectivity index (χ4v) is 5.75. The van der Waals surface area contributed by atoms with Crippen molar-refractivity contribution < 1.29 is 14.3 Å². The Morgan fingerprint density at radius 3 is 2.44 bits per heavy atom. The second-order valence-corrected chi connectivity index (χ2v) is 11.5. The van der Waals surface area contributed by atoms with Crippen molar-refractivity contribution in [3.8, 4) is 5.75 Å². The Bertz CT molecular complexity index is 1680. The molecule has 0 radical (unpaired) electrons. The molecular formula is C32H30ClN5O3. The highest BCUT2D eigenvalue weighted by Crippen LogP contribution is 2.48. The summed E-state index contributed by atoms with van der Waals surface area (Å²) < 4.78 is 7.11. The number of allylic oxidation sites excluding steroid dienone is 2. The molecule has 1 aliphatic heterocycles. The number of ketones is 1. The van der Waals surface area contributed by atoms with Crippen LogP contribution in [-0.2, 0) is 4.79 Å². The van der Waals surface area contributed by atoms with Crippen molar-refractivity contribution in [2.24, 2.45) is 5.41 Å². The van der Waals surface area contributed by atoms with Gasteiger partial charge in [0.05, 0.1) is 17.8 Å². The molecule has 6 rings (SSSR count). The first-order chi connectivity index (χ1) is 19.7. The van der Waals surface area contributed by atoms with Crippen LogP contribution in [-0.4, -0.2) is 28.6 Å². The van der Waals surface area contributed by atoms with Crippen molar-refractivity contribution in [2.75, 3.05) is 23.1 Å². The normalized spacial score (nSPS) is 17.3. The van der Waals surface area contributed by atoms with Crippen molar-refractivity contribution in [1.29, 1.82) is 0 Å². The van der Waals surface area contributed by atoms with E-state index in [0.717, 1.165) is 11.3 Å². The summed E-state index contributed by atoms with van der Waals surface area (Å²) in [6.45, 7) is 4.16. The Morgan fingerprint density at radius 2 is 1.73 bits per heavy atom. The molecule has 0 saturated heterocycles. The SMILES string of the molecule is COc1ccc([C@@H]2C3=C(CC(C)(C)CC3=O)Nc3c(C(=O)Nc4ccccc4)c(Nc4ccccc4Cl)nn32)cc1. The number of para-hydroxylation sites is 2. The zero-order valence-electron chi connectivity index (χ0n) is 23.0. The molecule has 1 amide bonds. The van der Waals surface area contributed by atoms with Gasteiger partial charge in [-0.2, -0.15) is 5.10 Å². The molecule has 8 nitrogen and oxygen atoms in total. The van der Waals surface area contributed by atoms with Gasteiger partial charge in [0, 0.05) is 23.4 Å². The molecule has 2 heterocycles. The third kappa shape index (κ3) is 5.07. The van der Waals surface area contributed by atoms with E-state index in [1.165, 1.54) is 0 Å². The standard InChI is InChI=1S/C32H30ClN5O3/c1-32(2)17-24-26(25(39)18-32)28(19-13-15-21(41-3)16-14-19)38-30(36-24)27(31(40)34-20-9-5-4-6-10-20)29(37-38)35-23-12-8-7-11-22(23)33/h4-16,28,36H,17-18H2,1-3H3,(H,34,40)(H,35,37)/t28-/m1/s1. The number of amides is 1. The van der Waals surface area contributed by atoms with Gasteiger partial charge in [-0.25, -0.2) is 4.68 Å². The Hall–Kier alpha value is -4.56. The smallest absolute Gasteiger partial charge is 0.263 e. The number of Topliss-reactive ketones (excluding diaryl/α,β-unsaturated/α-hetero) is 1. The number of carbonyl (C=O) groups is 2. The average Bonchev–Trinajstić information content (AvgIpc) is 3.30. The minimum absolute atomic E-state index is 0.0571. The Labute approximate surface area is 243 Å². The summed E-state index contributed by atoms with van der Waals surface area (Å²) in [4.78, 5) is 27.6. The van der Waals surface area contributed by atoms with Crippen LogP contribution in [0, 0.1) is 5.41 Å². The number of ether oxygens (including phenoxy) is 1. The maximum atomic E-state index is 13.9. The average molecular weight is 568 g/mol. The lowest BCUT2D eigenvalue weighted by molar-refractivity contribution is -0.118. The number of rotatable bonds is 6. The number of methoxy groups -OCH3 is 1. The number of benzene rings is 3. The highest BCUT2D eigenvalue weighted by molar-refractivity contribution is 6.33. The molecule has 1 atom stereocenters. The molecule has 2 aliphatic rings. The van der Waals surface area contributed by atoms with Gasteiger partial charge in [-0.15, -0.1) is 0 Å². The number of hydrogen-bond donors (Lipinski definition) is 3. The van der Waals surface area contributed by atoms with E-state index in [4.69, 9.17) is 21.4 Å². The molecule has 0 fully saturated rings. The van der Waals surface area contributed by atoms with Gasteiger partial charge in [0.1, 0.15) is 23.2 Å². The van der Waals surface area contributed by atoms with Gasteiger partial charge >= 0.3 is 0 Å². The van der Waals surface area contributed by atoms with Gasteiger partial charge in [0.2, 0.25) is 0 Å². The minimum atomic E-state index is -0.541. The molecule has 1 aliphatic carbocycles. The van der Waals surface area contributed by atoms with Gasteiger partial charge in [0.15, 0.2) is 11.6 Å². The highest BCUT2D eigenvalue weighted by Gasteiger charge is 2.43. The summed E-state index contributed by atoms with van der Waals surface area (Å²) in [5, 5.41) is 15.1. The van der Waals surface area contributed by atoms with E-state index in [9.17, 15) is 9.59 Å². The first-order valence-corrected chi connectivity index (χ1v) is 13.8. The van der Waals surface area contributed by atoms with Crippen LogP contribution in [0.15, 0.2) is 90.1 Å². The summed E-state index contributed by atoms with van der Waals surface area (Å²) in [7, 11) is 1.61. The number of aromatic nitrogens is 2. The van der Waals surface area contributed by atoms with E-state index >= 15 is 0 Å². The van der Waals surface area contributed by atoms with Gasteiger partial charge in [0.25, 0.3) is 5.91 Å². The number of halogens is 1. The Morgan fingerprint density at radius 1 is 1.02 bits per heavy atom. The highest BCUT2D eigenvalue weighted by atomic mass is 35.5. The van der Waals surface area contributed by atoms with Crippen LogP contribution < -0.4 is 20.7 Å². The molecule has 3 aromatic carbocycles. The molecule has 0 unspecified atom stereocenters. The van der Waals surface area contributed by atoms with E-state index in [2.05, 4.69) is 29.8 Å². The van der Waals surface area contributed by atoms with E-state index in [0.29, 0.717) is 57.8 Å². The van der Waals surface area contributed by atoms with Crippen LogP contribution in [0.4, 0.5) is 23.0 Å². The predicted molar refractivity (Wildman–Crippen MR) is 161 cm³/mol. The lowest BCUT2D eigenvalue weighted by Crippen LogP contribution is -2.37. The summed E-state index contributed by atoms with van der Waals surface area (Å²) in [6.07, 6.45) is 1.07. The second kappa shape index (κ2) is 10.4. The minimum Gasteiger partial charge on any atom is -0.497 e. The van der Waals surface area contributed by atoms with Crippen LogP contribution >= 0.6 is 11.6 Å². The van der Waals surface area contributed by atoms with Gasteiger partial charge < -0.3 is 20.7 Å².